The lowest BCUT2D eigenvalue weighted by Gasteiger charge is -2.05. The number of hydrogen-bond donors (Lipinski definition) is 1. The van der Waals surface area contributed by atoms with Gasteiger partial charge in [-0.3, -0.25) is 4.79 Å². The van der Waals surface area contributed by atoms with Gasteiger partial charge in [-0.2, -0.15) is 4.57 Å². The summed E-state index contributed by atoms with van der Waals surface area (Å²) in [5.74, 6) is -0.0629. The van der Waals surface area contributed by atoms with Crippen molar-refractivity contribution in [2.45, 2.75) is 6.54 Å². The highest BCUT2D eigenvalue weighted by molar-refractivity contribution is 9.10. The summed E-state index contributed by atoms with van der Waals surface area (Å²) in [4.78, 5) is 12.2. The first kappa shape index (κ1) is 15.4. The van der Waals surface area contributed by atoms with Gasteiger partial charge >= 0.3 is 0 Å². The second-order valence-corrected chi connectivity index (χ2v) is 6.01. The Morgan fingerprint density at radius 1 is 0.913 bits per heavy atom. The van der Waals surface area contributed by atoms with Crippen LogP contribution in [-0.2, 0) is 11.3 Å². The van der Waals surface area contributed by atoms with Gasteiger partial charge in [-0.05, 0) is 39.7 Å². The molecule has 0 fully saturated rings. The molecule has 0 radical (unpaired) electrons. The van der Waals surface area contributed by atoms with Crippen molar-refractivity contribution in [2.75, 3.05) is 5.32 Å². The smallest absolute Gasteiger partial charge is 0.290 e. The third-order valence-electron chi connectivity index (χ3n) is 3.44. The van der Waals surface area contributed by atoms with E-state index in [1.165, 1.54) is 0 Å². The highest BCUT2D eigenvalue weighted by Gasteiger charge is 2.12. The molecule has 1 amide bonds. The summed E-state index contributed by atoms with van der Waals surface area (Å²) in [5.41, 5.74) is 2.99. The van der Waals surface area contributed by atoms with Crippen molar-refractivity contribution in [2.24, 2.45) is 0 Å². The van der Waals surface area contributed by atoms with Crippen LogP contribution in [0.15, 0.2) is 83.6 Å². The summed E-state index contributed by atoms with van der Waals surface area (Å²) in [5, 5.41) is 2.91. The molecule has 3 nitrogen and oxygen atoms in total. The highest BCUT2D eigenvalue weighted by Crippen LogP contribution is 2.21. The molecule has 0 bridgehead atoms. The molecule has 0 saturated carbocycles. The predicted molar refractivity (Wildman–Crippen MR) is 94.8 cm³/mol. The van der Waals surface area contributed by atoms with Gasteiger partial charge in [0.25, 0.3) is 5.91 Å². The van der Waals surface area contributed by atoms with Gasteiger partial charge in [0.05, 0.1) is 5.69 Å². The van der Waals surface area contributed by atoms with Crippen molar-refractivity contribution in [3.8, 4) is 11.1 Å². The SMILES string of the molecule is O=C(C[n+]1cccc(-c2ccccc2)c1)Nc1ccccc1Br. The van der Waals surface area contributed by atoms with Gasteiger partial charge in [-0.1, -0.05) is 42.5 Å². The number of aromatic nitrogens is 1. The molecule has 0 saturated heterocycles. The summed E-state index contributed by atoms with van der Waals surface area (Å²) in [6, 6.07) is 21.7. The van der Waals surface area contributed by atoms with E-state index in [1.54, 1.807) is 0 Å². The molecule has 1 heterocycles. The van der Waals surface area contributed by atoms with Gasteiger partial charge in [-0.25, -0.2) is 0 Å². The van der Waals surface area contributed by atoms with Crippen LogP contribution in [0, 0.1) is 0 Å². The van der Waals surface area contributed by atoms with Crippen molar-refractivity contribution >= 4 is 27.5 Å². The lowest BCUT2D eigenvalue weighted by atomic mass is 10.1. The first-order valence-electron chi connectivity index (χ1n) is 7.31. The quantitative estimate of drug-likeness (QED) is 0.693. The van der Waals surface area contributed by atoms with E-state index in [-0.39, 0.29) is 12.5 Å². The number of pyridine rings is 1. The molecule has 1 aromatic heterocycles. The number of para-hydroxylation sites is 1. The summed E-state index contributed by atoms with van der Waals surface area (Å²) in [6.45, 7) is 0.266. The van der Waals surface area contributed by atoms with Crippen LogP contribution in [-0.4, -0.2) is 5.91 Å². The van der Waals surface area contributed by atoms with Crippen LogP contribution in [0.5, 0.6) is 0 Å². The monoisotopic (exact) mass is 367 g/mol. The van der Waals surface area contributed by atoms with E-state index in [0.29, 0.717) is 0 Å². The van der Waals surface area contributed by atoms with Gasteiger partial charge in [0.15, 0.2) is 12.4 Å². The number of carbonyl (C=O) groups excluding carboxylic acids is 1. The van der Waals surface area contributed by atoms with Gasteiger partial charge in [0.1, 0.15) is 0 Å². The molecule has 1 N–H and O–H groups in total. The summed E-state index contributed by atoms with van der Waals surface area (Å²) in [7, 11) is 0. The number of carbonyl (C=O) groups is 1. The largest absolute Gasteiger partial charge is 0.320 e. The zero-order valence-electron chi connectivity index (χ0n) is 12.4. The van der Waals surface area contributed by atoms with E-state index in [1.807, 2.05) is 71.6 Å². The molecule has 3 aromatic rings. The molecule has 0 aliphatic rings. The Bertz CT molecular complexity index is 818. The lowest BCUT2D eigenvalue weighted by molar-refractivity contribution is -0.683. The number of hydrogen-bond acceptors (Lipinski definition) is 1. The molecule has 23 heavy (non-hydrogen) atoms. The topological polar surface area (TPSA) is 33.0 Å². The number of rotatable bonds is 4. The predicted octanol–water partition coefficient (Wildman–Crippen LogP) is 4.04. The Hall–Kier alpha value is -2.46. The van der Waals surface area contributed by atoms with Gasteiger partial charge in [0, 0.05) is 16.1 Å². The van der Waals surface area contributed by atoms with E-state index in [4.69, 9.17) is 0 Å². The van der Waals surface area contributed by atoms with Crippen LogP contribution in [0.3, 0.4) is 0 Å². The Morgan fingerprint density at radius 2 is 1.61 bits per heavy atom. The maximum atomic E-state index is 12.2. The van der Waals surface area contributed by atoms with Crippen molar-refractivity contribution in [3.63, 3.8) is 0 Å². The normalized spacial score (nSPS) is 10.3. The molecule has 0 aliphatic heterocycles. The minimum Gasteiger partial charge on any atom is -0.320 e. The molecular formula is C19H16BrN2O+. The number of nitrogens with one attached hydrogen (secondary N) is 1. The van der Waals surface area contributed by atoms with Crippen LogP contribution in [0.2, 0.25) is 0 Å². The summed E-state index contributed by atoms with van der Waals surface area (Å²) < 4.78 is 2.76. The Balaban J connectivity index is 1.73. The average molecular weight is 368 g/mol. The Kier molecular flexibility index (Phi) is 4.83. The van der Waals surface area contributed by atoms with Crippen LogP contribution < -0.4 is 9.88 Å². The number of halogens is 1. The van der Waals surface area contributed by atoms with Crippen LogP contribution in [0.25, 0.3) is 11.1 Å². The van der Waals surface area contributed by atoms with Crippen LogP contribution in [0.1, 0.15) is 0 Å². The first-order chi connectivity index (χ1) is 11.2. The minimum absolute atomic E-state index is 0.0629. The van der Waals surface area contributed by atoms with E-state index in [2.05, 4.69) is 33.4 Å². The lowest BCUT2D eigenvalue weighted by Crippen LogP contribution is -2.39. The first-order valence-corrected chi connectivity index (χ1v) is 8.10. The number of benzene rings is 2. The molecule has 0 unspecified atom stereocenters. The van der Waals surface area contributed by atoms with E-state index in [0.717, 1.165) is 21.3 Å². The zero-order valence-corrected chi connectivity index (χ0v) is 14.0. The van der Waals surface area contributed by atoms with Crippen molar-refractivity contribution in [3.05, 3.63) is 83.6 Å². The van der Waals surface area contributed by atoms with E-state index < -0.39 is 0 Å². The summed E-state index contributed by atoms with van der Waals surface area (Å²) >= 11 is 3.43. The molecular weight excluding hydrogens is 352 g/mol. The Labute approximate surface area is 143 Å². The maximum absolute atomic E-state index is 12.2. The van der Waals surface area contributed by atoms with Crippen molar-refractivity contribution in [1.82, 2.24) is 0 Å². The number of nitrogens with zero attached hydrogens (tertiary/aromatic N) is 1. The van der Waals surface area contributed by atoms with Gasteiger partial charge in [-0.15, -0.1) is 0 Å². The summed E-state index contributed by atoms with van der Waals surface area (Å²) in [6.07, 6.45) is 3.88. The van der Waals surface area contributed by atoms with Gasteiger partial charge in [0.2, 0.25) is 6.54 Å². The second kappa shape index (κ2) is 7.20. The molecule has 0 atom stereocenters. The molecule has 0 spiro atoms. The second-order valence-electron chi connectivity index (χ2n) is 5.16. The minimum atomic E-state index is -0.0629. The fraction of sp³-hybridized carbons (Fsp3) is 0.0526. The maximum Gasteiger partial charge on any atom is 0.290 e. The van der Waals surface area contributed by atoms with Gasteiger partial charge < -0.3 is 5.32 Å². The number of amides is 1. The fourth-order valence-electron chi connectivity index (χ4n) is 2.34. The zero-order chi connectivity index (χ0) is 16.1. The van der Waals surface area contributed by atoms with Crippen LogP contribution in [0.4, 0.5) is 5.69 Å². The van der Waals surface area contributed by atoms with Crippen molar-refractivity contribution in [1.29, 1.82) is 0 Å². The molecule has 4 heteroatoms. The highest BCUT2D eigenvalue weighted by atomic mass is 79.9. The number of anilines is 1. The molecule has 0 aliphatic carbocycles. The standard InChI is InChI=1S/C19H15BrN2O/c20-17-10-4-5-11-18(17)21-19(23)14-22-12-6-9-16(13-22)15-7-2-1-3-8-15/h1-13H,14H2/p+1. The molecule has 114 valence electrons. The fourth-order valence-corrected chi connectivity index (χ4v) is 2.72. The van der Waals surface area contributed by atoms with E-state index >= 15 is 0 Å². The van der Waals surface area contributed by atoms with E-state index in [9.17, 15) is 4.79 Å². The molecule has 2 aromatic carbocycles. The van der Waals surface area contributed by atoms with Crippen molar-refractivity contribution < 1.29 is 9.36 Å². The Morgan fingerprint density at radius 3 is 2.39 bits per heavy atom. The average Bonchev–Trinajstić information content (AvgIpc) is 2.58. The third-order valence-corrected chi connectivity index (χ3v) is 4.13. The molecule has 3 rings (SSSR count). The third kappa shape index (κ3) is 4.05. The van der Waals surface area contributed by atoms with Crippen LogP contribution >= 0.6 is 15.9 Å².